The van der Waals surface area contributed by atoms with Crippen LogP contribution in [0.4, 0.5) is 5.95 Å². The summed E-state index contributed by atoms with van der Waals surface area (Å²) in [7, 11) is -5.07. The van der Waals surface area contributed by atoms with Crippen molar-refractivity contribution in [3.05, 3.63) is 46.0 Å². The number of fused-ring (bicyclic) bond motifs is 1. The van der Waals surface area contributed by atoms with Crippen LogP contribution in [0.15, 0.2) is 35.4 Å². The smallest absolute Gasteiger partial charge is 0.313 e. The summed E-state index contributed by atoms with van der Waals surface area (Å²) in [6.07, 6.45) is -4.26. The third-order valence-electron chi connectivity index (χ3n) is 5.12. The average Bonchev–Trinajstić information content (AvgIpc) is 3.25. The maximum absolute atomic E-state index is 12.6. The van der Waals surface area contributed by atoms with E-state index in [1.165, 1.54) is 15.5 Å². The first-order valence-electron chi connectivity index (χ1n) is 9.91. The number of H-pyrrole nitrogens is 1. The number of rotatable bonds is 8. The topological polar surface area (TPSA) is 209 Å². The minimum absolute atomic E-state index is 0.0437. The highest BCUT2D eigenvalue weighted by Gasteiger charge is 2.47. The molecule has 1 fully saturated rings. The van der Waals surface area contributed by atoms with Crippen LogP contribution in [0.3, 0.4) is 0 Å². The molecule has 3 heterocycles. The van der Waals surface area contributed by atoms with E-state index in [0.29, 0.717) is 10.8 Å². The van der Waals surface area contributed by atoms with Crippen LogP contribution >= 0.6 is 19.4 Å². The number of aliphatic hydroxyl groups excluding tert-OH is 2. The highest BCUT2D eigenvalue weighted by atomic mass is 35.5. The van der Waals surface area contributed by atoms with E-state index in [4.69, 9.17) is 31.7 Å². The predicted molar refractivity (Wildman–Crippen MR) is 114 cm³/mol. The Hall–Kier alpha value is -2.55. The zero-order chi connectivity index (χ0) is 24.6. The Morgan fingerprint density at radius 3 is 2.71 bits per heavy atom. The number of aliphatic hydroxyl groups is 2. The lowest BCUT2D eigenvalue weighted by Crippen LogP contribution is -2.46. The highest BCUT2D eigenvalue weighted by Crippen LogP contribution is 2.34. The van der Waals surface area contributed by atoms with Crippen LogP contribution in [0.1, 0.15) is 6.23 Å². The molecule has 0 aliphatic carbocycles. The van der Waals surface area contributed by atoms with Gasteiger partial charge in [0.05, 0.1) is 6.61 Å². The number of benzene rings is 1. The Morgan fingerprint density at radius 2 is 2.03 bits per heavy atom. The molecule has 0 amide bonds. The summed E-state index contributed by atoms with van der Waals surface area (Å²) in [4.78, 5) is 38.8. The van der Waals surface area contributed by atoms with E-state index in [-0.39, 0.29) is 30.3 Å². The minimum Gasteiger partial charge on any atom is -0.756 e. The Bertz CT molecular complexity index is 1280. The van der Waals surface area contributed by atoms with Gasteiger partial charge in [0.25, 0.3) is 19.3 Å². The van der Waals surface area contributed by atoms with Gasteiger partial charge in [0.1, 0.15) is 37.2 Å². The molecule has 0 saturated carbocycles. The number of aromatic amines is 1. The molecule has 1 unspecified atom stereocenters. The van der Waals surface area contributed by atoms with Crippen molar-refractivity contribution < 1.29 is 43.1 Å². The maximum atomic E-state index is 12.6. The number of ether oxygens (including phenoxy) is 2. The lowest BCUT2D eigenvalue weighted by Gasteiger charge is -2.19. The van der Waals surface area contributed by atoms with Crippen molar-refractivity contribution in [2.24, 2.45) is 0 Å². The van der Waals surface area contributed by atoms with Crippen molar-refractivity contribution in [3.63, 3.8) is 0 Å². The molecule has 16 heteroatoms. The van der Waals surface area contributed by atoms with Gasteiger partial charge in [-0.2, -0.15) is 0 Å². The second kappa shape index (κ2) is 9.60. The second-order valence-electron chi connectivity index (χ2n) is 7.45. The van der Waals surface area contributed by atoms with Crippen molar-refractivity contribution in [1.82, 2.24) is 14.5 Å². The van der Waals surface area contributed by atoms with Crippen LogP contribution in [-0.4, -0.2) is 61.2 Å². The Labute approximate surface area is 196 Å². The lowest BCUT2D eigenvalue weighted by molar-refractivity contribution is -0.746. The molecule has 34 heavy (non-hydrogen) atoms. The van der Waals surface area contributed by atoms with Crippen LogP contribution in [0.25, 0.3) is 11.2 Å². The number of nitrogens with two attached hydrogens (primary N) is 1. The number of anilines is 1. The number of nitrogens with one attached hydrogen (secondary N) is 1. The predicted octanol–water partition coefficient (Wildman–Crippen LogP) is -1.58. The van der Waals surface area contributed by atoms with Gasteiger partial charge in [0.2, 0.25) is 11.7 Å². The molecule has 0 bridgehead atoms. The van der Waals surface area contributed by atoms with Gasteiger partial charge in [-0.1, -0.05) is 16.6 Å². The fourth-order valence-electron chi connectivity index (χ4n) is 3.59. The standard InChI is InChI=1S/C18H21ClN5O9P/c19-9-1-3-10(4-2-9)31-6-5-23-8-24(15-12(23)16(27)22-18(20)21-15)17-14(26)13(25)11(33-17)7-32-34(28,29)30/h1-4,8,11,13-14,17,25-26H,5-7H2,(H4-,20,21,22,27,28,29,30)/t11-,13-,14-,17-/m1/s1. The fraction of sp³-hybridized carbons (Fsp3) is 0.389. The molecule has 1 aliphatic rings. The Morgan fingerprint density at radius 1 is 1.32 bits per heavy atom. The lowest BCUT2D eigenvalue weighted by atomic mass is 10.1. The minimum atomic E-state index is -5.07. The number of halogens is 1. The highest BCUT2D eigenvalue weighted by molar-refractivity contribution is 7.44. The van der Waals surface area contributed by atoms with Crippen molar-refractivity contribution in [1.29, 1.82) is 0 Å². The van der Waals surface area contributed by atoms with Gasteiger partial charge < -0.3 is 39.7 Å². The van der Waals surface area contributed by atoms with Gasteiger partial charge in [-0.05, 0) is 24.3 Å². The number of phosphoric ester groups is 1. The molecule has 1 saturated heterocycles. The summed E-state index contributed by atoms with van der Waals surface area (Å²) in [5, 5.41) is 21.3. The van der Waals surface area contributed by atoms with Crippen LogP contribution < -0.4 is 25.5 Å². The van der Waals surface area contributed by atoms with Crippen LogP contribution in [-0.2, 0) is 20.4 Å². The molecule has 14 nitrogen and oxygen atoms in total. The van der Waals surface area contributed by atoms with Gasteiger partial charge in [0, 0.05) is 5.02 Å². The number of phosphoric acid groups is 1. The number of hydrogen-bond acceptors (Lipinski definition) is 10. The van der Waals surface area contributed by atoms with Gasteiger partial charge in [-0.25, -0.2) is 4.57 Å². The summed E-state index contributed by atoms with van der Waals surface area (Å²) < 4.78 is 29.2. The number of hydrogen-bond donors (Lipinski definition) is 5. The first-order chi connectivity index (χ1) is 16.0. The quantitative estimate of drug-likeness (QED) is 0.170. The first kappa shape index (κ1) is 24.6. The summed E-state index contributed by atoms with van der Waals surface area (Å²) in [5.74, 6) is 0.368. The van der Waals surface area contributed by atoms with Gasteiger partial charge in [-0.15, -0.1) is 0 Å². The third kappa shape index (κ3) is 5.24. The molecule has 0 spiro atoms. The third-order valence-corrected chi connectivity index (χ3v) is 5.85. The molecular formula is C18H21ClN5O9P. The average molecular weight is 518 g/mol. The number of imidazole rings is 1. The van der Waals surface area contributed by atoms with Crippen molar-refractivity contribution in [2.75, 3.05) is 18.9 Å². The Kier molecular flexibility index (Phi) is 6.94. The summed E-state index contributed by atoms with van der Waals surface area (Å²) in [5.41, 5.74) is 5.26. The monoisotopic (exact) mass is 517 g/mol. The van der Waals surface area contributed by atoms with Crippen LogP contribution in [0.5, 0.6) is 5.75 Å². The molecule has 2 aromatic heterocycles. The van der Waals surface area contributed by atoms with E-state index in [1.807, 2.05) is 0 Å². The summed E-state index contributed by atoms with van der Waals surface area (Å²) >= 11 is 5.86. The van der Waals surface area contributed by atoms with Crippen molar-refractivity contribution >= 4 is 36.5 Å². The molecule has 3 aromatic rings. The normalized spacial score (nSPS) is 24.4. The molecular weight excluding hydrogens is 497 g/mol. The van der Waals surface area contributed by atoms with E-state index in [0.717, 1.165) is 0 Å². The number of nitrogen functional groups attached to an aromatic ring is 1. The van der Waals surface area contributed by atoms with E-state index in [1.54, 1.807) is 24.3 Å². The first-order valence-corrected chi connectivity index (χ1v) is 11.8. The summed E-state index contributed by atoms with van der Waals surface area (Å²) in [6.45, 7) is -0.406. The largest absolute Gasteiger partial charge is 0.756 e. The van der Waals surface area contributed by atoms with Gasteiger partial charge in [0.15, 0.2) is 6.33 Å². The molecule has 5 atom stereocenters. The second-order valence-corrected chi connectivity index (χ2v) is 9.08. The van der Waals surface area contributed by atoms with Crippen molar-refractivity contribution in [2.45, 2.75) is 31.1 Å². The summed E-state index contributed by atoms with van der Waals surface area (Å²) in [6, 6.07) is 6.70. The van der Waals surface area contributed by atoms with Gasteiger partial charge >= 0.3 is 5.65 Å². The molecule has 4 rings (SSSR count). The van der Waals surface area contributed by atoms with E-state index < -0.39 is 44.5 Å². The SMILES string of the molecule is Nc1nc2c(c(=O)[nH]1)n(CCOc1ccc(Cl)cc1)c[n+]2[C@@H]1O[C@H](COP(=O)([O-])O)[C@@H](O)[C@H]1O. The Balaban J connectivity index is 1.60. The number of aromatic nitrogens is 4. The zero-order valence-electron chi connectivity index (χ0n) is 17.4. The molecule has 1 aliphatic heterocycles. The van der Waals surface area contributed by atoms with Crippen molar-refractivity contribution in [3.8, 4) is 5.75 Å². The molecule has 0 radical (unpaired) electrons. The van der Waals surface area contributed by atoms with E-state index in [9.17, 15) is 24.5 Å². The zero-order valence-corrected chi connectivity index (χ0v) is 19.0. The number of nitrogens with zero attached hydrogens (tertiary/aromatic N) is 3. The van der Waals surface area contributed by atoms with Crippen LogP contribution in [0, 0.1) is 0 Å². The fourth-order valence-corrected chi connectivity index (χ4v) is 4.05. The van der Waals surface area contributed by atoms with Gasteiger partial charge in [-0.3, -0.25) is 18.9 Å². The van der Waals surface area contributed by atoms with E-state index in [2.05, 4.69) is 14.5 Å². The van der Waals surface area contributed by atoms with E-state index >= 15 is 0 Å². The van der Waals surface area contributed by atoms with Crippen LogP contribution in [0.2, 0.25) is 5.02 Å². The molecule has 6 N–H and O–H groups in total. The molecule has 1 aromatic carbocycles. The molecule has 184 valence electrons. The maximum Gasteiger partial charge on any atom is 0.313 e.